The fourth-order valence-electron chi connectivity index (χ4n) is 1.45. The van der Waals surface area contributed by atoms with Crippen LogP contribution in [0, 0.1) is 0 Å². The molecule has 0 fully saturated rings. The van der Waals surface area contributed by atoms with Crippen molar-refractivity contribution in [2.24, 2.45) is 10.8 Å². The van der Waals surface area contributed by atoms with Gasteiger partial charge in [0.2, 0.25) is 0 Å². The quantitative estimate of drug-likeness (QED) is 0.458. The number of urea groups is 1. The maximum absolute atomic E-state index is 10.5. The lowest BCUT2D eigenvalue weighted by Gasteiger charge is -2.09. The highest BCUT2D eigenvalue weighted by Crippen LogP contribution is 2.22. The van der Waals surface area contributed by atoms with Crippen molar-refractivity contribution < 1.29 is 9.53 Å². The molecule has 0 aromatic heterocycles. The molecule has 3 N–H and O–H groups in total. The Kier molecular flexibility index (Phi) is 6.95. The summed E-state index contributed by atoms with van der Waals surface area (Å²) in [6.07, 6.45) is 4.82. The van der Waals surface area contributed by atoms with Crippen molar-refractivity contribution in [1.82, 2.24) is 5.43 Å². The summed E-state index contributed by atoms with van der Waals surface area (Å²) in [5.74, 6) is 0.731. The van der Waals surface area contributed by atoms with E-state index in [4.69, 9.17) is 10.5 Å². The Hall–Kier alpha value is -1.56. The van der Waals surface area contributed by atoms with Gasteiger partial charge in [-0.25, -0.2) is 10.2 Å². The van der Waals surface area contributed by atoms with Gasteiger partial charge in [0, 0.05) is 10.0 Å². The number of hydrogen-bond donors (Lipinski definition) is 2. The van der Waals surface area contributed by atoms with Gasteiger partial charge in [0.05, 0.1) is 12.8 Å². The topological polar surface area (TPSA) is 76.7 Å². The number of ether oxygens (including phenoxy) is 1. The van der Waals surface area contributed by atoms with Gasteiger partial charge in [0.25, 0.3) is 0 Å². The summed E-state index contributed by atoms with van der Waals surface area (Å²) < 4.78 is 6.61. The van der Waals surface area contributed by atoms with Crippen molar-refractivity contribution in [1.29, 1.82) is 0 Å². The number of nitrogens with one attached hydrogen (secondary N) is 1. The van der Waals surface area contributed by atoms with Gasteiger partial charge >= 0.3 is 6.03 Å². The number of rotatable bonds is 7. The molecule has 0 bridgehead atoms. The van der Waals surface area contributed by atoms with E-state index in [1.807, 2.05) is 18.2 Å². The van der Waals surface area contributed by atoms with Crippen molar-refractivity contribution in [3.05, 3.63) is 28.2 Å². The van der Waals surface area contributed by atoms with Crippen LogP contribution < -0.4 is 15.9 Å². The number of unbranched alkanes of at least 4 members (excludes halogenated alkanes) is 2. The summed E-state index contributed by atoms with van der Waals surface area (Å²) in [5, 5.41) is 3.74. The molecule has 19 heavy (non-hydrogen) atoms. The molecule has 0 aliphatic carbocycles. The van der Waals surface area contributed by atoms with Gasteiger partial charge in [-0.1, -0.05) is 35.7 Å². The van der Waals surface area contributed by atoms with Crippen LogP contribution in [0.25, 0.3) is 0 Å². The van der Waals surface area contributed by atoms with Crippen LogP contribution >= 0.6 is 15.9 Å². The summed E-state index contributed by atoms with van der Waals surface area (Å²) in [7, 11) is 0. The van der Waals surface area contributed by atoms with Gasteiger partial charge in [-0.3, -0.25) is 0 Å². The Morgan fingerprint density at radius 3 is 3.00 bits per heavy atom. The molecule has 0 aliphatic rings. The number of benzene rings is 1. The Bertz CT molecular complexity index is 450. The molecule has 1 aromatic carbocycles. The van der Waals surface area contributed by atoms with E-state index >= 15 is 0 Å². The van der Waals surface area contributed by atoms with E-state index in [0.717, 1.165) is 35.0 Å². The summed E-state index contributed by atoms with van der Waals surface area (Å²) in [6.45, 7) is 2.81. The summed E-state index contributed by atoms with van der Waals surface area (Å²) >= 11 is 3.38. The van der Waals surface area contributed by atoms with E-state index in [1.165, 1.54) is 6.21 Å². The molecule has 0 spiro atoms. The lowest BCUT2D eigenvalue weighted by atomic mass is 10.2. The molecule has 2 amide bonds. The molecular weight excluding hydrogens is 310 g/mol. The van der Waals surface area contributed by atoms with E-state index in [2.05, 4.69) is 33.4 Å². The van der Waals surface area contributed by atoms with Crippen LogP contribution in [0.2, 0.25) is 0 Å². The molecule has 0 unspecified atom stereocenters. The van der Waals surface area contributed by atoms with E-state index in [0.29, 0.717) is 6.61 Å². The first kappa shape index (κ1) is 15.5. The molecule has 0 radical (unpaired) electrons. The Labute approximate surface area is 121 Å². The van der Waals surface area contributed by atoms with Crippen LogP contribution in [0.1, 0.15) is 31.7 Å². The van der Waals surface area contributed by atoms with E-state index in [-0.39, 0.29) is 0 Å². The molecular formula is C13H18BrN3O2. The number of halogens is 1. The number of nitrogens with two attached hydrogens (primary N) is 1. The highest BCUT2D eigenvalue weighted by atomic mass is 79.9. The number of primary amides is 1. The molecule has 1 rings (SSSR count). The fourth-order valence-corrected chi connectivity index (χ4v) is 1.83. The van der Waals surface area contributed by atoms with Crippen LogP contribution in [-0.2, 0) is 0 Å². The van der Waals surface area contributed by atoms with Crippen LogP contribution in [0.15, 0.2) is 27.8 Å². The zero-order chi connectivity index (χ0) is 14.1. The zero-order valence-electron chi connectivity index (χ0n) is 10.9. The number of carbonyl (C=O) groups is 1. The smallest absolute Gasteiger partial charge is 0.332 e. The number of carbonyl (C=O) groups excluding carboxylic acids is 1. The van der Waals surface area contributed by atoms with Crippen molar-refractivity contribution in [3.8, 4) is 5.75 Å². The predicted octanol–water partition coefficient (Wildman–Crippen LogP) is 3.02. The van der Waals surface area contributed by atoms with Crippen molar-refractivity contribution in [2.75, 3.05) is 6.61 Å². The molecule has 6 heteroatoms. The molecule has 0 saturated carbocycles. The second-order valence-corrected chi connectivity index (χ2v) is 4.89. The maximum atomic E-state index is 10.5. The monoisotopic (exact) mass is 327 g/mol. The second-order valence-electron chi connectivity index (χ2n) is 3.97. The number of hydrogen-bond acceptors (Lipinski definition) is 3. The van der Waals surface area contributed by atoms with Crippen LogP contribution in [0.5, 0.6) is 5.75 Å². The van der Waals surface area contributed by atoms with Gasteiger partial charge in [0.1, 0.15) is 5.75 Å². The first-order valence-corrected chi connectivity index (χ1v) is 6.93. The Morgan fingerprint density at radius 1 is 1.53 bits per heavy atom. The molecule has 1 aromatic rings. The van der Waals surface area contributed by atoms with E-state index in [1.54, 1.807) is 0 Å². The van der Waals surface area contributed by atoms with Gasteiger partial charge in [-0.2, -0.15) is 5.10 Å². The molecule has 104 valence electrons. The summed E-state index contributed by atoms with van der Waals surface area (Å²) in [4.78, 5) is 10.5. The minimum absolute atomic E-state index is 0.666. The zero-order valence-corrected chi connectivity index (χ0v) is 12.4. The largest absolute Gasteiger partial charge is 0.493 e. The average Bonchev–Trinajstić information content (AvgIpc) is 2.36. The van der Waals surface area contributed by atoms with Crippen LogP contribution in [0.4, 0.5) is 4.79 Å². The predicted molar refractivity (Wildman–Crippen MR) is 79.5 cm³/mol. The molecule has 0 aliphatic heterocycles. The summed E-state index contributed by atoms with van der Waals surface area (Å²) in [5.41, 5.74) is 7.87. The SMILES string of the molecule is CCCCCOc1ccc(Br)cc1C=NNC(N)=O. The third kappa shape index (κ3) is 6.24. The number of nitrogens with zero attached hydrogens (tertiary/aromatic N) is 1. The lowest BCUT2D eigenvalue weighted by molar-refractivity contribution is 0.249. The Morgan fingerprint density at radius 2 is 2.32 bits per heavy atom. The highest BCUT2D eigenvalue weighted by Gasteiger charge is 2.02. The maximum Gasteiger partial charge on any atom is 0.332 e. The van der Waals surface area contributed by atoms with Gasteiger partial charge in [-0.05, 0) is 24.6 Å². The molecule has 0 heterocycles. The first-order valence-electron chi connectivity index (χ1n) is 6.14. The number of amides is 2. The van der Waals surface area contributed by atoms with Crippen molar-refractivity contribution in [3.63, 3.8) is 0 Å². The standard InChI is InChI=1S/C13H18BrN3O2/c1-2-3-4-7-19-12-6-5-11(14)8-10(12)9-16-17-13(15)18/h5-6,8-9H,2-4,7H2,1H3,(H3,15,17,18). The van der Waals surface area contributed by atoms with Crippen molar-refractivity contribution in [2.45, 2.75) is 26.2 Å². The first-order chi connectivity index (χ1) is 9.13. The third-order valence-electron chi connectivity index (χ3n) is 2.36. The van der Waals surface area contributed by atoms with E-state index < -0.39 is 6.03 Å². The molecule has 5 nitrogen and oxygen atoms in total. The average molecular weight is 328 g/mol. The fraction of sp³-hybridized carbons (Fsp3) is 0.385. The van der Waals surface area contributed by atoms with Crippen LogP contribution in [-0.4, -0.2) is 18.9 Å². The second kappa shape index (κ2) is 8.53. The summed E-state index contributed by atoms with van der Waals surface area (Å²) in [6, 6.07) is 4.92. The third-order valence-corrected chi connectivity index (χ3v) is 2.85. The normalized spacial score (nSPS) is 10.6. The Balaban J connectivity index is 2.68. The van der Waals surface area contributed by atoms with E-state index in [9.17, 15) is 4.79 Å². The lowest BCUT2D eigenvalue weighted by Crippen LogP contribution is -2.24. The van der Waals surface area contributed by atoms with Crippen molar-refractivity contribution >= 4 is 28.2 Å². The van der Waals surface area contributed by atoms with Gasteiger partial charge in [-0.15, -0.1) is 0 Å². The minimum Gasteiger partial charge on any atom is -0.493 e. The molecule has 0 saturated heterocycles. The minimum atomic E-state index is -0.698. The van der Waals surface area contributed by atoms with Crippen LogP contribution in [0.3, 0.4) is 0 Å². The molecule has 0 atom stereocenters. The van der Waals surface area contributed by atoms with Gasteiger partial charge in [0.15, 0.2) is 0 Å². The number of hydrazone groups is 1. The van der Waals surface area contributed by atoms with Gasteiger partial charge < -0.3 is 10.5 Å². The highest BCUT2D eigenvalue weighted by molar-refractivity contribution is 9.10.